The predicted octanol–water partition coefficient (Wildman–Crippen LogP) is 13.0. The van der Waals surface area contributed by atoms with Crippen LogP contribution < -0.4 is 0 Å². The van der Waals surface area contributed by atoms with Gasteiger partial charge in [0, 0.05) is 55.2 Å². The molecule has 0 saturated heterocycles. The van der Waals surface area contributed by atoms with Gasteiger partial charge in [0.05, 0.1) is 27.8 Å². The number of pyridine rings is 2. The summed E-state index contributed by atoms with van der Waals surface area (Å²) in [4.78, 5) is 10.6. The second-order valence-electron chi connectivity index (χ2n) is 13.8. The number of allylic oxidation sites excluding steroid dienone is 9. The second kappa shape index (κ2) is 12.5. The molecule has 5 aromatic carbocycles. The van der Waals surface area contributed by atoms with Crippen molar-refractivity contribution in [1.82, 2.24) is 14.5 Å². The summed E-state index contributed by atoms with van der Waals surface area (Å²) < 4.78 is 8.72. The first-order chi connectivity index (χ1) is 26.1. The first-order valence-corrected chi connectivity index (χ1v) is 18.1. The summed E-state index contributed by atoms with van der Waals surface area (Å²) in [6, 6.07) is 44.7. The van der Waals surface area contributed by atoms with Crippen molar-refractivity contribution < 1.29 is 4.42 Å². The van der Waals surface area contributed by atoms with Crippen LogP contribution in [0.4, 0.5) is 0 Å². The van der Waals surface area contributed by atoms with Crippen molar-refractivity contribution in [2.45, 2.75) is 19.3 Å². The summed E-state index contributed by atoms with van der Waals surface area (Å²) in [5, 5.41) is 6.90. The Labute approximate surface area is 307 Å². The first-order valence-electron chi connectivity index (χ1n) is 18.1. The molecule has 9 aromatic rings. The van der Waals surface area contributed by atoms with E-state index in [2.05, 4.69) is 164 Å². The maximum atomic E-state index is 6.39. The minimum atomic E-state index is 0.120. The Kier molecular flexibility index (Phi) is 7.29. The van der Waals surface area contributed by atoms with Gasteiger partial charge in [-0.2, -0.15) is 0 Å². The lowest BCUT2D eigenvalue weighted by Gasteiger charge is -2.18. The van der Waals surface area contributed by atoms with Gasteiger partial charge in [0.2, 0.25) is 0 Å². The predicted molar refractivity (Wildman–Crippen MR) is 223 cm³/mol. The Balaban J connectivity index is 1.03. The molecule has 4 aromatic heterocycles. The van der Waals surface area contributed by atoms with Crippen molar-refractivity contribution in [3.8, 4) is 0 Å². The van der Waals surface area contributed by atoms with Crippen molar-refractivity contribution >= 4 is 82.4 Å². The van der Waals surface area contributed by atoms with Crippen molar-refractivity contribution in [3.05, 3.63) is 187 Å². The van der Waals surface area contributed by atoms with E-state index < -0.39 is 0 Å². The Bertz CT molecular complexity index is 3020. The van der Waals surface area contributed by atoms with Crippen LogP contribution in [0.5, 0.6) is 0 Å². The van der Waals surface area contributed by atoms with Crippen LogP contribution in [0.15, 0.2) is 175 Å². The van der Waals surface area contributed by atoms with Crippen LogP contribution in [0.1, 0.15) is 36.2 Å². The van der Waals surface area contributed by atoms with Crippen molar-refractivity contribution in [2.75, 3.05) is 0 Å². The zero-order chi connectivity index (χ0) is 35.5. The second-order valence-corrected chi connectivity index (χ2v) is 13.8. The summed E-state index contributed by atoms with van der Waals surface area (Å²) in [5.41, 5.74) is 12.2. The molecule has 0 spiro atoms. The zero-order valence-electron chi connectivity index (χ0n) is 29.3. The van der Waals surface area contributed by atoms with Crippen LogP contribution in [0.2, 0.25) is 0 Å². The normalized spacial score (nSPS) is 15.3. The molecule has 4 heteroatoms. The van der Waals surface area contributed by atoms with E-state index in [4.69, 9.17) is 14.4 Å². The Morgan fingerprint density at radius 2 is 1.36 bits per heavy atom. The maximum absolute atomic E-state index is 6.39. The smallest absolute Gasteiger partial charge is 0.143 e. The highest BCUT2D eigenvalue weighted by Crippen LogP contribution is 2.38. The van der Waals surface area contributed by atoms with Gasteiger partial charge < -0.3 is 8.98 Å². The Morgan fingerprint density at radius 1 is 0.698 bits per heavy atom. The molecule has 0 aliphatic heterocycles. The van der Waals surface area contributed by atoms with Gasteiger partial charge in [-0.1, -0.05) is 134 Å². The molecule has 4 heterocycles. The molecule has 0 amide bonds. The molecule has 0 bridgehead atoms. The highest BCUT2D eigenvalue weighted by atomic mass is 16.3. The van der Waals surface area contributed by atoms with E-state index >= 15 is 0 Å². The number of furan rings is 1. The zero-order valence-corrected chi connectivity index (χ0v) is 29.3. The quantitative estimate of drug-likeness (QED) is 0.130. The number of aromatic nitrogens is 3. The van der Waals surface area contributed by atoms with Crippen LogP contribution in [-0.2, 0) is 0 Å². The summed E-state index contributed by atoms with van der Waals surface area (Å²) in [7, 11) is 0. The van der Waals surface area contributed by atoms with Gasteiger partial charge in [0.1, 0.15) is 11.2 Å². The average molecular weight is 682 g/mol. The van der Waals surface area contributed by atoms with Crippen LogP contribution in [0, 0.1) is 0 Å². The van der Waals surface area contributed by atoms with Gasteiger partial charge in [0.15, 0.2) is 0 Å². The first kappa shape index (κ1) is 31.0. The van der Waals surface area contributed by atoms with Crippen LogP contribution in [-0.4, -0.2) is 14.5 Å². The minimum Gasteiger partial charge on any atom is -0.455 e. The number of rotatable bonds is 6. The lowest BCUT2D eigenvalue weighted by Crippen LogP contribution is -2.02. The summed E-state index contributed by atoms with van der Waals surface area (Å²) in [6.45, 7) is 6.33. The highest BCUT2D eigenvalue weighted by Gasteiger charge is 2.19. The standard InChI is InChI=1S/C49H35N3O/c1-3-32(23-22-31(2)52-44-19-7-4-14-38(44)39-15-5-8-20-45(39)52)42-28-26-33-24-25-34-27-29-43(51-48(34)47(33)50-42)36-13-10-12-35(30-36)37-17-11-18-41-40-16-6-9-21-46(40)53-49(37)41/h3-12,14-30,36H,1,13H2,2H3/b31-22+,32-23+. The fourth-order valence-corrected chi connectivity index (χ4v) is 8.04. The Hall–Kier alpha value is -6.78. The van der Waals surface area contributed by atoms with E-state index in [-0.39, 0.29) is 5.92 Å². The van der Waals surface area contributed by atoms with Crippen molar-refractivity contribution in [2.24, 2.45) is 0 Å². The van der Waals surface area contributed by atoms with E-state index in [1.54, 1.807) is 0 Å². The molecular formula is C49H35N3O. The van der Waals surface area contributed by atoms with Gasteiger partial charge in [0.25, 0.3) is 0 Å². The lowest BCUT2D eigenvalue weighted by molar-refractivity contribution is 0.667. The summed E-state index contributed by atoms with van der Waals surface area (Å²) >= 11 is 0. The number of hydrogen-bond acceptors (Lipinski definition) is 3. The lowest BCUT2D eigenvalue weighted by atomic mass is 9.89. The Morgan fingerprint density at radius 3 is 2.13 bits per heavy atom. The molecule has 4 nitrogen and oxygen atoms in total. The third kappa shape index (κ3) is 5.14. The molecule has 10 rings (SSSR count). The highest BCUT2D eigenvalue weighted by molar-refractivity contribution is 6.10. The van der Waals surface area contributed by atoms with Crippen LogP contribution in [0.3, 0.4) is 0 Å². The number of para-hydroxylation sites is 4. The van der Waals surface area contributed by atoms with E-state index in [1.165, 1.54) is 21.8 Å². The van der Waals surface area contributed by atoms with Crippen molar-refractivity contribution in [1.29, 1.82) is 0 Å². The monoisotopic (exact) mass is 681 g/mol. The number of benzene rings is 5. The van der Waals surface area contributed by atoms with Gasteiger partial charge in [-0.05, 0) is 60.9 Å². The SMILES string of the molecule is C=C/C(=C\C=C(/C)n1c2ccccc2c2ccccc21)c1ccc2ccc3ccc(C4C=C(c5cccc6c5oc5ccccc56)C=CC4)nc3c2n1. The molecule has 1 aliphatic rings. The van der Waals surface area contributed by atoms with Gasteiger partial charge in [-0.25, -0.2) is 9.97 Å². The number of nitrogens with zero attached hydrogens (tertiary/aromatic N) is 3. The molecule has 0 N–H and O–H groups in total. The van der Waals surface area contributed by atoms with E-state index in [0.717, 1.165) is 84.0 Å². The maximum Gasteiger partial charge on any atom is 0.143 e. The molecule has 252 valence electrons. The minimum absolute atomic E-state index is 0.120. The van der Waals surface area contributed by atoms with Gasteiger partial charge >= 0.3 is 0 Å². The topological polar surface area (TPSA) is 43.9 Å². The molecule has 1 aliphatic carbocycles. The molecular weight excluding hydrogens is 647 g/mol. The van der Waals surface area contributed by atoms with E-state index in [1.807, 2.05) is 18.2 Å². The summed E-state index contributed by atoms with van der Waals surface area (Å²) in [5.74, 6) is 0.120. The molecule has 0 radical (unpaired) electrons. The third-order valence-corrected chi connectivity index (χ3v) is 10.7. The average Bonchev–Trinajstić information content (AvgIpc) is 3.77. The van der Waals surface area contributed by atoms with E-state index in [0.29, 0.717) is 0 Å². The molecule has 1 unspecified atom stereocenters. The molecule has 0 fully saturated rings. The molecule has 0 saturated carbocycles. The molecule has 53 heavy (non-hydrogen) atoms. The van der Waals surface area contributed by atoms with Crippen molar-refractivity contribution in [3.63, 3.8) is 0 Å². The molecule has 1 atom stereocenters. The van der Waals surface area contributed by atoms with Gasteiger partial charge in [-0.15, -0.1) is 0 Å². The number of hydrogen-bond donors (Lipinski definition) is 0. The van der Waals surface area contributed by atoms with Crippen LogP contribution >= 0.6 is 0 Å². The fourth-order valence-electron chi connectivity index (χ4n) is 8.04. The largest absolute Gasteiger partial charge is 0.455 e. The van der Waals surface area contributed by atoms with Gasteiger partial charge in [-0.3, -0.25) is 0 Å². The third-order valence-electron chi connectivity index (χ3n) is 10.7. The fraction of sp³-hybridized carbons (Fsp3) is 0.0612. The van der Waals surface area contributed by atoms with Crippen LogP contribution in [0.25, 0.3) is 82.4 Å². The van der Waals surface area contributed by atoms with E-state index in [9.17, 15) is 0 Å². The summed E-state index contributed by atoms with van der Waals surface area (Å²) in [6.07, 6.45) is 13.8. The number of fused-ring (bicyclic) bond motifs is 9.